The van der Waals surface area contributed by atoms with E-state index in [-0.39, 0.29) is 0 Å². The van der Waals surface area contributed by atoms with Gasteiger partial charge in [0.05, 0.1) is 12.5 Å². The van der Waals surface area contributed by atoms with Crippen LogP contribution in [0.4, 0.5) is 0 Å². The highest BCUT2D eigenvalue weighted by Gasteiger charge is 2.30. The molecular weight excluding hydrogens is 254 g/mol. The summed E-state index contributed by atoms with van der Waals surface area (Å²) < 4.78 is 5.56. The lowest BCUT2D eigenvalue weighted by Crippen LogP contribution is -2.38. The van der Waals surface area contributed by atoms with Gasteiger partial charge < -0.3 is 15.6 Å². The SMILES string of the molecule is N[C@H](OCc1ccccc1)C(CC1CCCC1)C(=O)O. The van der Waals surface area contributed by atoms with Gasteiger partial charge in [-0.15, -0.1) is 0 Å². The van der Waals surface area contributed by atoms with Crippen molar-refractivity contribution >= 4 is 5.97 Å². The van der Waals surface area contributed by atoms with Gasteiger partial charge in [0, 0.05) is 0 Å². The van der Waals surface area contributed by atoms with Gasteiger partial charge in [0.15, 0.2) is 0 Å². The lowest BCUT2D eigenvalue weighted by atomic mass is 9.92. The highest BCUT2D eigenvalue weighted by atomic mass is 16.5. The van der Waals surface area contributed by atoms with E-state index in [9.17, 15) is 9.90 Å². The summed E-state index contributed by atoms with van der Waals surface area (Å²) in [5.74, 6) is -0.971. The maximum absolute atomic E-state index is 11.4. The van der Waals surface area contributed by atoms with Gasteiger partial charge in [-0.1, -0.05) is 56.0 Å². The molecule has 0 amide bonds. The molecule has 0 radical (unpaired) electrons. The second-order valence-corrected chi connectivity index (χ2v) is 5.59. The molecule has 2 atom stereocenters. The molecule has 1 aromatic rings. The Bertz CT molecular complexity index is 415. The standard InChI is InChI=1S/C16H23NO3/c17-15(20-11-13-8-2-1-3-9-13)14(16(18)19)10-12-6-4-5-7-12/h1-3,8-9,12,14-15H,4-7,10-11,17H2,(H,18,19)/t14?,15-/m1/s1. The van der Waals surface area contributed by atoms with Crippen molar-refractivity contribution < 1.29 is 14.6 Å². The molecule has 1 fully saturated rings. The van der Waals surface area contributed by atoms with Crippen molar-refractivity contribution in [2.45, 2.75) is 44.9 Å². The van der Waals surface area contributed by atoms with Crippen molar-refractivity contribution in [3.05, 3.63) is 35.9 Å². The smallest absolute Gasteiger partial charge is 0.310 e. The minimum Gasteiger partial charge on any atom is -0.481 e. The van der Waals surface area contributed by atoms with Crippen molar-refractivity contribution in [2.24, 2.45) is 17.6 Å². The normalized spacial score (nSPS) is 18.9. The number of hydrogen-bond donors (Lipinski definition) is 2. The van der Waals surface area contributed by atoms with Gasteiger partial charge in [-0.2, -0.15) is 0 Å². The molecule has 0 spiro atoms. The van der Waals surface area contributed by atoms with E-state index >= 15 is 0 Å². The van der Waals surface area contributed by atoms with Crippen molar-refractivity contribution in [3.8, 4) is 0 Å². The van der Waals surface area contributed by atoms with E-state index in [0.29, 0.717) is 18.9 Å². The summed E-state index contributed by atoms with van der Waals surface area (Å²) >= 11 is 0. The van der Waals surface area contributed by atoms with Crippen LogP contribution >= 0.6 is 0 Å². The molecule has 2 rings (SSSR count). The van der Waals surface area contributed by atoms with Crippen LogP contribution in [-0.4, -0.2) is 17.3 Å². The average molecular weight is 277 g/mol. The van der Waals surface area contributed by atoms with Crippen LogP contribution in [0.5, 0.6) is 0 Å². The highest BCUT2D eigenvalue weighted by Crippen LogP contribution is 2.31. The third-order valence-corrected chi connectivity index (χ3v) is 4.06. The first-order valence-electron chi connectivity index (χ1n) is 7.30. The number of ether oxygens (including phenoxy) is 1. The van der Waals surface area contributed by atoms with Gasteiger partial charge in [-0.05, 0) is 17.9 Å². The van der Waals surface area contributed by atoms with Crippen LogP contribution in [-0.2, 0) is 16.1 Å². The fraction of sp³-hybridized carbons (Fsp3) is 0.562. The van der Waals surface area contributed by atoms with Gasteiger partial charge in [0.1, 0.15) is 6.23 Å². The Labute approximate surface area is 119 Å². The second-order valence-electron chi connectivity index (χ2n) is 5.59. The van der Waals surface area contributed by atoms with Crippen LogP contribution in [0.2, 0.25) is 0 Å². The molecule has 4 nitrogen and oxygen atoms in total. The molecule has 3 N–H and O–H groups in total. The molecule has 0 bridgehead atoms. The summed E-state index contributed by atoms with van der Waals surface area (Å²) in [5.41, 5.74) is 6.95. The van der Waals surface area contributed by atoms with Crippen LogP contribution in [0.25, 0.3) is 0 Å². The maximum atomic E-state index is 11.4. The summed E-state index contributed by atoms with van der Waals surface area (Å²) in [7, 11) is 0. The first-order chi connectivity index (χ1) is 9.66. The van der Waals surface area contributed by atoms with E-state index in [2.05, 4.69) is 0 Å². The predicted molar refractivity (Wildman–Crippen MR) is 76.9 cm³/mol. The summed E-state index contributed by atoms with van der Waals surface area (Å²) in [5, 5.41) is 9.34. The first kappa shape index (κ1) is 15.0. The molecule has 1 aromatic carbocycles. The zero-order chi connectivity index (χ0) is 14.4. The molecule has 0 saturated heterocycles. The van der Waals surface area contributed by atoms with Crippen LogP contribution in [0, 0.1) is 11.8 Å². The molecule has 20 heavy (non-hydrogen) atoms. The van der Waals surface area contributed by atoms with E-state index in [1.165, 1.54) is 12.8 Å². The minimum absolute atomic E-state index is 0.358. The van der Waals surface area contributed by atoms with Crippen LogP contribution in [0.1, 0.15) is 37.7 Å². The molecule has 1 unspecified atom stereocenters. The van der Waals surface area contributed by atoms with E-state index in [4.69, 9.17) is 10.5 Å². The number of rotatable bonds is 7. The zero-order valence-electron chi connectivity index (χ0n) is 11.7. The second kappa shape index (κ2) is 7.41. The largest absolute Gasteiger partial charge is 0.481 e. The molecule has 1 aliphatic carbocycles. The molecule has 1 saturated carbocycles. The number of carbonyl (C=O) groups is 1. The van der Waals surface area contributed by atoms with Crippen LogP contribution < -0.4 is 5.73 Å². The van der Waals surface area contributed by atoms with E-state index in [1.54, 1.807) is 0 Å². The number of aliphatic carboxylic acids is 1. The summed E-state index contributed by atoms with van der Waals surface area (Å²) in [6, 6.07) is 9.68. The van der Waals surface area contributed by atoms with Gasteiger partial charge in [0.2, 0.25) is 0 Å². The Hall–Kier alpha value is -1.39. The van der Waals surface area contributed by atoms with Crippen LogP contribution in [0.3, 0.4) is 0 Å². The average Bonchev–Trinajstić information content (AvgIpc) is 2.96. The quantitative estimate of drug-likeness (QED) is 0.752. The fourth-order valence-corrected chi connectivity index (χ4v) is 2.86. The summed E-state index contributed by atoms with van der Waals surface area (Å²) in [6.07, 6.45) is 4.54. The molecule has 0 heterocycles. The van der Waals surface area contributed by atoms with E-state index < -0.39 is 18.1 Å². The Morgan fingerprint density at radius 2 is 1.95 bits per heavy atom. The molecule has 4 heteroatoms. The number of carboxylic acid groups (broad SMARTS) is 1. The molecule has 0 aromatic heterocycles. The lowest BCUT2D eigenvalue weighted by molar-refractivity contribution is -0.149. The van der Waals surface area contributed by atoms with Crippen LogP contribution in [0.15, 0.2) is 30.3 Å². The molecular formula is C16H23NO3. The Morgan fingerprint density at radius 3 is 2.55 bits per heavy atom. The van der Waals surface area contributed by atoms with Gasteiger partial charge in [0.25, 0.3) is 0 Å². The van der Waals surface area contributed by atoms with Crippen molar-refractivity contribution in [3.63, 3.8) is 0 Å². The number of carboxylic acids is 1. The maximum Gasteiger partial charge on any atom is 0.310 e. The van der Waals surface area contributed by atoms with Crippen molar-refractivity contribution in [2.75, 3.05) is 0 Å². The van der Waals surface area contributed by atoms with E-state index in [0.717, 1.165) is 18.4 Å². The topological polar surface area (TPSA) is 72.5 Å². The third-order valence-electron chi connectivity index (χ3n) is 4.06. The molecule has 110 valence electrons. The minimum atomic E-state index is -0.850. The Morgan fingerprint density at radius 1 is 1.30 bits per heavy atom. The third kappa shape index (κ3) is 4.32. The molecule has 1 aliphatic rings. The highest BCUT2D eigenvalue weighted by molar-refractivity contribution is 5.70. The van der Waals surface area contributed by atoms with E-state index in [1.807, 2.05) is 30.3 Å². The predicted octanol–water partition coefficient (Wildman–Crippen LogP) is 2.77. The Kier molecular flexibility index (Phi) is 5.56. The van der Waals surface area contributed by atoms with Gasteiger partial charge in [-0.25, -0.2) is 0 Å². The van der Waals surface area contributed by atoms with Crippen molar-refractivity contribution in [1.82, 2.24) is 0 Å². The lowest BCUT2D eigenvalue weighted by Gasteiger charge is -2.23. The number of nitrogens with two attached hydrogens (primary N) is 1. The summed E-state index contributed by atoms with van der Waals surface area (Å²) in [6.45, 7) is 0.358. The number of benzene rings is 1. The van der Waals surface area contributed by atoms with Crippen molar-refractivity contribution in [1.29, 1.82) is 0 Å². The fourth-order valence-electron chi connectivity index (χ4n) is 2.86. The first-order valence-corrected chi connectivity index (χ1v) is 7.30. The Balaban J connectivity index is 1.86. The monoisotopic (exact) mass is 277 g/mol. The van der Waals surface area contributed by atoms with Gasteiger partial charge in [-0.3, -0.25) is 4.79 Å². The number of hydrogen-bond acceptors (Lipinski definition) is 3. The molecule has 0 aliphatic heterocycles. The van der Waals surface area contributed by atoms with Gasteiger partial charge >= 0.3 is 5.97 Å². The zero-order valence-corrected chi connectivity index (χ0v) is 11.7. The summed E-state index contributed by atoms with van der Waals surface area (Å²) in [4.78, 5) is 11.4.